The third-order valence-electron chi connectivity index (χ3n) is 3.43. The van der Waals surface area contributed by atoms with Crippen molar-refractivity contribution in [3.63, 3.8) is 0 Å². The summed E-state index contributed by atoms with van der Waals surface area (Å²) in [5.41, 5.74) is 0.644. The number of amides is 1. The van der Waals surface area contributed by atoms with E-state index in [4.69, 9.17) is 11.6 Å². The Balaban J connectivity index is 2.35. The van der Waals surface area contributed by atoms with Gasteiger partial charge >= 0.3 is 0 Å². The number of carbonyl (C=O) groups excluding carboxylic acids is 1. The van der Waals surface area contributed by atoms with E-state index in [-0.39, 0.29) is 17.0 Å². The molecule has 25 heavy (non-hydrogen) atoms. The molecule has 0 saturated carbocycles. The highest BCUT2D eigenvalue weighted by Gasteiger charge is 2.19. The summed E-state index contributed by atoms with van der Waals surface area (Å²) in [4.78, 5) is 12.1. The topological polar surface area (TPSA) is 75.3 Å². The number of rotatable bonds is 6. The van der Waals surface area contributed by atoms with Gasteiger partial charge in [-0.25, -0.2) is 17.5 Å². The van der Waals surface area contributed by atoms with Gasteiger partial charge < -0.3 is 5.32 Å². The lowest BCUT2D eigenvalue weighted by Crippen LogP contribution is -2.24. The van der Waals surface area contributed by atoms with Crippen LogP contribution in [0.1, 0.15) is 15.9 Å². The Morgan fingerprint density at radius 1 is 1.32 bits per heavy atom. The van der Waals surface area contributed by atoms with Gasteiger partial charge in [0, 0.05) is 17.3 Å². The molecule has 0 aliphatic rings. The van der Waals surface area contributed by atoms with Gasteiger partial charge in [-0.1, -0.05) is 23.7 Å². The van der Waals surface area contributed by atoms with Crippen LogP contribution in [0.2, 0.25) is 5.02 Å². The van der Waals surface area contributed by atoms with Crippen molar-refractivity contribution in [2.75, 3.05) is 11.9 Å². The van der Waals surface area contributed by atoms with Gasteiger partial charge in [-0.15, -0.1) is 6.58 Å². The van der Waals surface area contributed by atoms with E-state index in [0.29, 0.717) is 16.3 Å². The lowest BCUT2D eigenvalue weighted by Gasteiger charge is -2.11. The van der Waals surface area contributed by atoms with E-state index in [0.717, 1.165) is 18.2 Å². The average molecular weight is 383 g/mol. The lowest BCUT2D eigenvalue weighted by molar-refractivity contribution is 0.102. The quantitative estimate of drug-likeness (QED) is 0.751. The van der Waals surface area contributed by atoms with Crippen molar-refractivity contribution in [3.05, 3.63) is 71.0 Å². The zero-order valence-electron chi connectivity index (χ0n) is 13.3. The second kappa shape index (κ2) is 7.77. The highest BCUT2D eigenvalue weighted by atomic mass is 35.5. The number of nitrogens with one attached hydrogen (secondary N) is 2. The van der Waals surface area contributed by atoms with Gasteiger partial charge in [0.05, 0.1) is 10.5 Å². The fourth-order valence-corrected chi connectivity index (χ4v) is 3.23. The van der Waals surface area contributed by atoms with E-state index < -0.39 is 21.7 Å². The Kier molecular flexibility index (Phi) is 5.94. The van der Waals surface area contributed by atoms with E-state index in [1.807, 2.05) is 0 Å². The van der Waals surface area contributed by atoms with Crippen LogP contribution in [0.4, 0.5) is 10.1 Å². The van der Waals surface area contributed by atoms with Gasteiger partial charge in [0.1, 0.15) is 5.82 Å². The van der Waals surface area contributed by atoms with Gasteiger partial charge in [0.15, 0.2) is 0 Å². The smallest absolute Gasteiger partial charge is 0.258 e. The molecule has 8 heteroatoms. The van der Waals surface area contributed by atoms with Crippen LogP contribution in [0.15, 0.2) is 53.9 Å². The third-order valence-corrected chi connectivity index (χ3v) is 5.26. The Morgan fingerprint density at radius 3 is 2.72 bits per heavy atom. The molecular formula is C17H16ClFN2O3S. The molecule has 5 nitrogen and oxygen atoms in total. The Bertz CT molecular complexity index is 929. The molecule has 2 N–H and O–H groups in total. The highest BCUT2D eigenvalue weighted by Crippen LogP contribution is 2.24. The predicted molar refractivity (Wildman–Crippen MR) is 95.9 cm³/mol. The Labute approximate surface area is 150 Å². The van der Waals surface area contributed by atoms with Gasteiger partial charge in [-0.05, 0) is 42.8 Å². The molecule has 0 aliphatic heterocycles. The van der Waals surface area contributed by atoms with Crippen LogP contribution in [-0.2, 0) is 10.0 Å². The first-order valence-corrected chi connectivity index (χ1v) is 9.09. The summed E-state index contributed by atoms with van der Waals surface area (Å²) in [5, 5.41) is 2.98. The molecule has 132 valence electrons. The maximum atomic E-state index is 14.0. The molecule has 0 bridgehead atoms. The zero-order chi connectivity index (χ0) is 18.6. The SMILES string of the molecule is C=CCNS(=O)(=O)c1ccc(F)c(C(=O)Nc2cccc(Cl)c2C)c1. The molecule has 0 spiro atoms. The maximum absolute atomic E-state index is 14.0. The molecule has 0 aromatic heterocycles. The molecule has 2 rings (SSSR count). The highest BCUT2D eigenvalue weighted by molar-refractivity contribution is 7.89. The monoisotopic (exact) mass is 382 g/mol. The number of benzene rings is 2. The molecule has 2 aromatic carbocycles. The summed E-state index contributed by atoms with van der Waals surface area (Å²) >= 11 is 5.99. The minimum atomic E-state index is -3.87. The van der Waals surface area contributed by atoms with Crippen molar-refractivity contribution < 1.29 is 17.6 Å². The molecule has 2 aromatic rings. The van der Waals surface area contributed by atoms with Crippen LogP contribution in [0.3, 0.4) is 0 Å². The van der Waals surface area contributed by atoms with Crippen LogP contribution in [0, 0.1) is 12.7 Å². The number of sulfonamides is 1. The van der Waals surface area contributed by atoms with E-state index in [1.165, 1.54) is 6.08 Å². The first kappa shape index (κ1) is 19.1. The molecule has 0 unspecified atom stereocenters. The van der Waals surface area contributed by atoms with Crippen LogP contribution >= 0.6 is 11.6 Å². The van der Waals surface area contributed by atoms with Crippen LogP contribution < -0.4 is 10.0 Å². The van der Waals surface area contributed by atoms with Crippen molar-refractivity contribution in [2.45, 2.75) is 11.8 Å². The van der Waals surface area contributed by atoms with E-state index in [1.54, 1.807) is 25.1 Å². The number of halogens is 2. The summed E-state index contributed by atoms with van der Waals surface area (Å²) in [5.74, 6) is -1.61. The van der Waals surface area contributed by atoms with Crippen molar-refractivity contribution in [1.82, 2.24) is 4.72 Å². The van der Waals surface area contributed by atoms with Crippen LogP contribution in [-0.4, -0.2) is 20.9 Å². The van der Waals surface area contributed by atoms with Gasteiger partial charge in [0.2, 0.25) is 10.0 Å². The standard InChI is InChI=1S/C17H16ClFN2O3S/c1-3-9-20-25(23,24)12-7-8-15(19)13(10-12)17(22)21-16-6-4-5-14(18)11(16)2/h3-8,10,20H,1,9H2,2H3,(H,21,22). The van der Waals surface area contributed by atoms with Crippen molar-refractivity contribution >= 4 is 33.2 Å². The van der Waals surface area contributed by atoms with Crippen molar-refractivity contribution in [2.24, 2.45) is 0 Å². The van der Waals surface area contributed by atoms with E-state index >= 15 is 0 Å². The van der Waals surface area contributed by atoms with Gasteiger partial charge in [0.25, 0.3) is 5.91 Å². The zero-order valence-corrected chi connectivity index (χ0v) is 14.9. The fraction of sp³-hybridized carbons (Fsp3) is 0.118. The summed E-state index contributed by atoms with van der Waals surface area (Å²) < 4.78 is 40.5. The van der Waals surface area contributed by atoms with Gasteiger partial charge in [-0.3, -0.25) is 4.79 Å². The molecule has 0 aliphatic carbocycles. The van der Waals surface area contributed by atoms with Crippen LogP contribution in [0.25, 0.3) is 0 Å². The number of carbonyl (C=O) groups is 1. The minimum absolute atomic E-state index is 0.0168. The van der Waals surface area contributed by atoms with Gasteiger partial charge in [-0.2, -0.15) is 0 Å². The maximum Gasteiger partial charge on any atom is 0.258 e. The van der Waals surface area contributed by atoms with E-state index in [9.17, 15) is 17.6 Å². The number of anilines is 1. The first-order chi connectivity index (χ1) is 11.8. The van der Waals surface area contributed by atoms with Crippen molar-refractivity contribution in [3.8, 4) is 0 Å². The molecule has 0 atom stereocenters. The predicted octanol–water partition coefficient (Wildman–Crippen LogP) is 3.50. The Morgan fingerprint density at radius 2 is 2.04 bits per heavy atom. The third kappa shape index (κ3) is 4.45. The minimum Gasteiger partial charge on any atom is -0.322 e. The van der Waals surface area contributed by atoms with E-state index in [2.05, 4.69) is 16.6 Å². The first-order valence-electron chi connectivity index (χ1n) is 7.23. The fourth-order valence-electron chi connectivity index (χ4n) is 2.03. The molecule has 0 fully saturated rings. The van der Waals surface area contributed by atoms with Crippen LogP contribution in [0.5, 0.6) is 0 Å². The summed E-state index contributed by atoms with van der Waals surface area (Å²) in [6, 6.07) is 7.91. The summed E-state index contributed by atoms with van der Waals surface area (Å²) in [6.07, 6.45) is 1.37. The normalized spacial score (nSPS) is 11.2. The average Bonchev–Trinajstić information content (AvgIpc) is 2.57. The number of hydrogen-bond acceptors (Lipinski definition) is 3. The molecular weight excluding hydrogens is 367 g/mol. The molecule has 1 amide bonds. The Hall–Kier alpha value is -2.22. The summed E-state index contributed by atoms with van der Waals surface area (Å²) in [7, 11) is -3.87. The molecule has 0 saturated heterocycles. The second-order valence-corrected chi connectivity index (χ2v) is 7.32. The van der Waals surface area contributed by atoms with Crippen molar-refractivity contribution in [1.29, 1.82) is 0 Å². The second-order valence-electron chi connectivity index (χ2n) is 5.15. The molecule has 0 heterocycles. The largest absolute Gasteiger partial charge is 0.322 e. The number of hydrogen-bond donors (Lipinski definition) is 2. The lowest BCUT2D eigenvalue weighted by atomic mass is 10.1. The molecule has 0 radical (unpaired) electrons. The summed E-state index contributed by atoms with van der Waals surface area (Å²) in [6.45, 7) is 5.14.